The van der Waals surface area contributed by atoms with Gasteiger partial charge in [0.25, 0.3) is 5.91 Å². The van der Waals surface area contributed by atoms with Gasteiger partial charge in [-0.3, -0.25) is 4.79 Å². The first-order chi connectivity index (χ1) is 9.66. The molecule has 1 aromatic carbocycles. The number of carbonyl (C=O) groups excluding carboxylic acids is 1. The number of nitrogen functional groups attached to an aromatic ring is 1. The summed E-state index contributed by atoms with van der Waals surface area (Å²) in [7, 11) is 0. The molecule has 1 heterocycles. The first kappa shape index (κ1) is 11.9. The van der Waals surface area contributed by atoms with Gasteiger partial charge in [0, 0.05) is 12.6 Å². The van der Waals surface area contributed by atoms with Gasteiger partial charge in [-0.25, -0.2) is 0 Å². The smallest absolute Gasteiger partial charge is 0.262 e. The van der Waals surface area contributed by atoms with E-state index in [-0.39, 0.29) is 12.5 Å². The van der Waals surface area contributed by atoms with Gasteiger partial charge in [0.15, 0.2) is 6.61 Å². The number of ether oxygens (including phenoxy) is 1. The molecular formula is C15H19N3O2. The second kappa shape index (κ2) is 4.04. The Balaban J connectivity index is 1.52. The summed E-state index contributed by atoms with van der Waals surface area (Å²) in [5.74, 6) is 1.44. The predicted molar refractivity (Wildman–Crippen MR) is 77.9 cm³/mol. The minimum atomic E-state index is -0.120. The molecule has 5 nitrogen and oxygen atoms in total. The molecule has 3 aliphatic rings. The van der Waals surface area contributed by atoms with Gasteiger partial charge >= 0.3 is 0 Å². The number of nitrogens with one attached hydrogen (secondary N) is 2. The summed E-state index contributed by atoms with van der Waals surface area (Å²) in [5.41, 5.74) is 8.85. The highest BCUT2D eigenvalue weighted by Gasteiger charge is 2.53. The third-order valence-electron chi connectivity index (χ3n) is 4.75. The van der Waals surface area contributed by atoms with Crippen LogP contribution in [0.1, 0.15) is 25.7 Å². The highest BCUT2D eigenvalue weighted by molar-refractivity contribution is 5.97. The SMILES string of the molecule is Nc1cc2c(cc1NCC1(C3CC3)CC1)NC(=O)CO2. The van der Waals surface area contributed by atoms with E-state index < -0.39 is 0 Å². The van der Waals surface area contributed by atoms with Gasteiger partial charge in [-0.1, -0.05) is 0 Å². The van der Waals surface area contributed by atoms with Gasteiger partial charge in [0.1, 0.15) is 5.75 Å². The van der Waals surface area contributed by atoms with E-state index in [1.165, 1.54) is 25.7 Å². The highest BCUT2D eigenvalue weighted by atomic mass is 16.5. The Bertz CT molecular complexity index is 577. The Labute approximate surface area is 117 Å². The van der Waals surface area contributed by atoms with Crippen LogP contribution in [0.25, 0.3) is 0 Å². The molecule has 1 amide bonds. The lowest BCUT2D eigenvalue weighted by Gasteiger charge is -2.22. The van der Waals surface area contributed by atoms with Gasteiger partial charge in [-0.15, -0.1) is 0 Å². The average molecular weight is 273 g/mol. The number of benzene rings is 1. The maximum atomic E-state index is 11.4. The molecule has 5 heteroatoms. The topological polar surface area (TPSA) is 76.4 Å². The molecule has 0 saturated heterocycles. The number of fused-ring (bicyclic) bond motifs is 1. The van der Waals surface area contributed by atoms with E-state index in [4.69, 9.17) is 10.5 Å². The quantitative estimate of drug-likeness (QED) is 0.735. The molecule has 4 rings (SSSR count). The van der Waals surface area contributed by atoms with Crippen molar-refractivity contribution < 1.29 is 9.53 Å². The van der Waals surface area contributed by atoms with Gasteiger partial charge in [0.2, 0.25) is 0 Å². The van der Waals surface area contributed by atoms with Crippen molar-refractivity contribution >= 4 is 23.0 Å². The molecule has 0 atom stereocenters. The van der Waals surface area contributed by atoms with E-state index in [2.05, 4.69) is 10.6 Å². The third-order valence-corrected chi connectivity index (χ3v) is 4.75. The van der Waals surface area contributed by atoms with Gasteiger partial charge < -0.3 is 21.1 Å². The Kier molecular flexibility index (Phi) is 2.40. The van der Waals surface area contributed by atoms with E-state index in [9.17, 15) is 4.79 Å². The number of carbonyl (C=O) groups is 1. The molecular weight excluding hydrogens is 254 g/mol. The van der Waals surface area contributed by atoms with E-state index in [1.54, 1.807) is 6.07 Å². The normalized spacial score (nSPS) is 22.5. The number of hydrogen-bond acceptors (Lipinski definition) is 4. The maximum Gasteiger partial charge on any atom is 0.262 e. The number of rotatable bonds is 4. The second-order valence-electron chi connectivity index (χ2n) is 6.26. The molecule has 20 heavy (non-hydrogen) atoms. The number of amides is 1. The lowest BCUT2D eigenvalue weighted by Crippen LogP contribution is -2.26. The molecule has 106 valence electrons. The summed E-state index contributed by atoms with van der Waals surface area (Å²) in [5, 5.41) is 6.29. The summed E-state index contributed by atoms with van der Waals surface area (Å²) in [6, 6.07) is 3.67. The Hall–Kier alpha value is -1.91. The van der Waals surface area contributed by atoms with Crippen molar-refractivity contribution in [3.05, 3.63) is 12.1 Å². The van der Waals surface area contributed by atoms with E-state index in [0.717, 1.165) is 18.2 Å². The summed E-state index contributed by atoms with van der Waals surface area (Å²) < 4.78 is 5.36. The zero-order chi connectivity index (χ0) is 13.7. The van der Waals surface area contributed by atoms with Crippen LogP contribution in [0.2, 0.25) is 0 Å². The van der Waals surface area contributed by atoms with Crippen LogP contribution in [0.5, 0.6) is 5.75 Å². The first-order valence-corrected chi connectivity index (χ1v) is 7.26. The minimum absolute atomic E-state index is 0.0595. The average Bonchev–Trinajstić information content (AvgIpc) is 3.28. The highest BCUT2D eigenvalue weighted by Crippen LogP contribution is 2.61. The monoisotopic (exact) mass is 273 g/mol. The molecule has 4 N–H and O–H groups in total. The molecule has 0 spiro atoms. The molecule has 2 fully saturated rings. The molecule has 1 aromatic rings. The van der Waals surface area contributed by atoms with E-state index >= 15 is 0 Å². The van der Waals surface area contributed by atoms with Crippen LogP contribution in [0, 0.1) is 11.3 Å². The van der Waals surface area contributed by atoms with Crippen LogP contribution in [0.4, 0.5) is 17.1 Å². The van der Waals surface area contributed by atoms with Crippen LogP contribution in [-0.2, 0) is 4.79 Å². The molecule has 0 aromatic heterocycles. The molecule has 0 unspecified atom stereocenters. The van der Waals surface area contributed by atoms with Crippen LogP contribution >= 0.6 is 0 Å². The van der Waals surface area contributed by atoms with Crippen LogP contribution < -0.4 is 21.1 Å². The first-order valence-electron chi connectivity index (χ1n) is 7.26. The van der Waals surface area contributed by atoms with Crippen LogP contribution in [0.15, 0.2) is 12.1 Å². The number of anilines is 3. The van der Waals surface area contributed by atoms with Crippen molar-refractivity contribution in [1.82, 2.24) is 0 Å². The standard InChI is InChI=1S/C15H19N3O2/c16-10-5-13-12(18-14(19)7-20-13)6-11(10)17-8-15(3-4-15)9-1-2-9/h5-6,9,17H,1-4,7-8,16H2,(H,18,19). The Morgan fingerprint density at radius 2 is 2.20 bits per heavy atom. The minimum Gasteiger partial charge on any atom is -0.482 e. The fourth-order valence-electron chi connectivity index (χ4n) is 3.15. The van der Waals surface area contributed by atoms with Gasteiger partial charge in [-0.05, 0) is 43.1 Å². The van der Waals surface area contributed by atoms with Gasteiger partial charge in [0.05, 0.1) is 17.1 Å². The second-order valence-corrected chi connectivity index (χ2v) is 6.26. The van der Waals surface area contributed by atoms with Crippen molar-refractivity contribution in [2.45, 2.75) is 25.7 Å². The van der Waals surface area contributed by atoms with Crippen molar-refractivity contribution in [2.75, 3.05) is 29.5 Å². The van der Waals surface area contributed by atoms with Crippen molar-refractivity contribution in [1.29, 1.82) is 0 Å². The molecule has 0 bridgehead atoms. The largest absolute Gasteiger partial charge is 0.482 e. The third kappa shape index (κ3) is 1.97. The van der Waals surface area contributed by atoms with Crippen LogP contribution in [0.3, 0.4) is 0 Å². The summed E-state index contributed by atoms with van der Waals surface area (Å²) >= 11 is 0. The van der Waals surface area contributed by atoms with E-state index in [0.29, 0.717) is 22.5 Å². The summed E-state index contributed by atoms with van der Waals surface area (Å²) in [4.78, 5) is 11.4. The number of hydrogen-bond donors (Lipinski definition) is 3. The van der Waals surface area contributed by atoms with Crippen molar-refractivity contribution in [3.63, 3.8) is 0 Å². The van der Waals surface area contributed by atoms with Crippen LogP contribution in [-0.4, -0.2) is 19.1 Å². The lowest BCUT2D eigenvalue weighted by molar-refractivity contribution is -0.118. The lowest BCUT2D eigenvalue weighted by atomic mass is 10.0. The zero-order valence-electron chi connectivity index (χ0n) is 11.4. The maximum absolute atomic E-state index is 11.4. The Morgan fingerprint density at radius 3 is 2.90 bits per heavy atom. The predicted octanol–water partition coefficient (Wildman–Crippen LogP) is 2.20. The summed E-state index contributed by atoms with van der Waals surface area (Å²) in [6.07, 6.45) is 5.42. The Morgan fingerprint density at radius 1 is 1.40 bits per heavy atom. The van der Waals surface area contributed by atoms with Gasteiger partial charge in [-0.2, -0.15) is 0 Å². The zero-order valence-corrected chi connectivity index (χ0v) is 11.4. The fourth-order valence-corrected chi connectivity index (χ4v) is 3.15. The molecule has 1 aliphatic heterocycles. The molecule has 2 saturated carbocycles. The van der Waals surface area contributed by atoms with Crippen molar-refractivity contribution in [2.24, 2.45) is 11.3 Å². The fraction of sp³-hybridized carbons (Fsp3) is 0.533. The van der Waals surface area contributed by atoms with E-state index in [1.807, 2.05) is 6.07 Å². The molecule has 2 aliphatic carbocycles. The number of nitrogens with two attached hydrogens (primary N) is 1. The molecule has 0 radical (unpaired) electrons. The summed E-state index contributed by atoms with van der Waals surface area (Å²) in [6.45, 7) is 1.04. The van der Waals surface area contributed by atoms with Crippen molar-refractivity contribution in [3.8, 4) is 5.75 Å².